The Bertz CT molecular complexity index is 1580. The molecule has 0 fully saturated rings. The summed E-state index contributed by atoms with van der Waals surface area (Å²) in [5.41, 5.74) is 3.41. The molecule has 38 heavy (non-hydrogen) atoms. The molecule has 4 aromatic carbocycles. The number of carbonyl (C=O) groups is 2. The average Bonchev–Trinajstić information content (AvgIpc) is 2.89. The number of hydrogen-bond donors (Lipinski definition) is 2. The van der Waals surface area contributed by atoms with Crippen LogP contribution in [0.25, 0.3) is 10.8 Å². The van der Waals surface area contributed by atoms with E-state index in [1.165, 1.54) is 43.5 Å². The number of phenolic OH excluding ortho intramolecular Hbond substituents is 1. The predicted molar refractivity (Wildman–Crippen MR) is 141 cm³/mol. The molecule has 0 aromatic heterocycles. The highest BCUT2D eigenvalue weighted by Gasteiger charge is 2.17. The number of esters is 1. The van der Waals surface area contributed by atoms with Crippen LogP contribution in [0.1, 0.15) is 38.8 Å². The van der Waals surface area contributed by atoms with Crippen LogP contribution in [0, 0.1) is 17.0 Å². The zero-order valence-electron chi connectivity index (χ0n) is 20.5. The lowest BCUT2D eigenvalue weighted by Crippen LogP contribution is -2.17. The fourth-order valence-electron chi connectivity index (χ4n) is 3.74. The number of nitrogens with one attached hydrogen (secondary N) is 1. The molecule has 0 aliphatic heterocycles. The van der Waals surface area contributed by atoms with Crippen LogP contribution in [-0.2, 0) is 0 Å². The summed E-state index contributed by atoms with van der Waals surface area (Å²) in [6, 6.07) is 19.1. The van der Waals surface area contributed by atoms with Crippen LogP contribution in [-0.4, -0.2) is 34.7 Å². The van der Waals surface area contributed by atoms with Gasteiger partial charge < -0.3 is 14.6 Å². The summed E-state index contributed by atoms with van der Waals surface area (Å²) in [6.45, 7) is 3.59. The number of nitro benzene ring substituents is 1. The molecule has 0 bridgehead atoms. The number of nitro groups is 1. The number of ether oxygens (including phenoxy) is 2. The summed E-state index contributed by atoms with van der Waals surface area (Å²) in [7, 11) is 0. The van der Waals surface area contributed by atoms with Crippen molar-refractivity contribution in [2.45, 2.75) is 13.8 Å². The third-order valence-corrected chi connectivity index (χ3v) is 5.59. The Morgan fingerprint density at radius 1 is 1.03 bits per heavy atom. The third kappa shape index (κ3) is 5.76. The van der Waals surface area contributed by atoms with Crippen LogP contribution in [0.3, 0.4) is 0 Å². The molecule has 0 unspecified atom stereocenters. The van der Waals surface area contributed by atoms with Gasteiger partial charge in [0.2, 0.25) is 0 Å². The molecule has 4 aromatic rings. The van der Waals surface area contributed by atoms with E-state index in [1.807, 2.05) is 24.3 Å². The Balaban J connectivity index is 1.47. The Kier molecular flexibility index (Phi) is 7.62. The number of amides is 1. The molecule has 0 aliphatic carbocycles. The number of nitrogens with zero attached hydrogens (tertiary/aromatic N) is 2. The molecule has 192 valence electrons. The first-order valence-electron chi connectivity index (χ1n) is 11.6. The van der Waals surface area contributed by atoms with Crippen LogP contribution in [0.2, 0.25) is 0 Å². The van der Waals surface area contributed by atoms with Gasteiger partial charge in [0.15, 0.2) is 11.5 Å². The van der Waals surface area contributed by atoms with E-state index in [2.05, 4.69) is 10.5 Å². The summed E-state index contributed by atoms with van der Waals surface area (Å²) in [5, 5.41) is 26.8. The van der Waals surface area contributed by atoms with Gasteiger partial charge in [-0.1, -0.05) is 24.3 Å². The van der Waals surface area contributed by atoms with Crippen LogP contribution < -0.4 is 14.9 Å². The van der Waals surface area contributed by atoms with E-state index in [1.54, 1.807) is 25.1 Å². The van der Waals surface area contributed by atoms with E-state index >= 15 is 0 Å². The second kappa shape index (κ2) is 11.2. The Hall–Kier alpha value is -5.25. The number of rotatable bonds is 8. The minimum atomic E-state index is -0.701. The summed E-state index contributed by atoms with van der Waals surface area (Å²) in [4.78, 5) is 35.7. The Labute approximate surface area is 217 Å². The monoisotopic (exact) mass is 513 g/mol. The lowest BCUT2D eigenvalue weighted by Gasteiger charge is -2.11. The maximum atomic E-state index is 12.6. The quantitative estimate of drug-likeness (QED) is 0.109. The van der Waals surface area contributed by atoms with Crippen molar-refractivity contribution in [1.29, 1.82) is 0 Å². The van der Waals surface area contributed by atoms with E-state index in [0.717, 1.165) is 10.8 Å². The average molecular weight is 514 g/mol. The number of carbonyl (C=O) groups excluding carboxylic acids is 2. The smallest absolute Gasteiger partial charge is 0.343 e. The number of aryl methyl sites for hydroxylation is 1. The van der Waals surface area contributed by atoms with Crippen LogP contribution in [0.5, 0.6) is 17.2 Å². The zero-order chi connectivity index (χ0) is 27.2. The molecule has 2 N–H and O–H groups in total. The van der Waals surface area contributed by atoms with Crippen LogP contribution in [0.4, 0.5) is 5.69 Å². The molecule has 0 atom stereocenters. The maximum Gasteiger partial charge on any atom is 0.343 e. The summed E-state index contributed by atoms with van der Waals surface area (Å²) >= 11 is 0. The number of phenols is 1. The van der Waals surface area contributed by atoms with Gasteiger partial charge in [-0.15, -0.1) is 0 Å². The molecular formula is C28H23N3O7. The van der Waals surface area contributed by atoms with Gasteiger partial charge in [-0.05, 0) is 72.6 Å². The lowest BCUT2D eigenvalue weighted by atomic mass is 10.1. The Morgan fingerprint density at radius 2 is 1.76 bits per heavy atom. The summed E-state index contributed by atoms with van der Waals surface area (Å²) in [6.07, 6.45) is 1.38. The third-order valence-electron chi connectivity index (χ3n) is 5.59. The fourth-order valence-corrected chi connectivity index (χ4v) is 3.74. The van der Waals surface area contributed by atoms with Crippen molar-refractivity contribution < 1.29 is 29.1 Å². The molecule has 0 saturated heterocycles. The van der Waals surface area contributed by atoms with Gasteiger partial charge in [-0.2, -0.15) is 5.10 Å². The number of hydrogen-bond acceptors (Lipinski definition) is 8. The highest BCUT2D eigenvalue weighted by atomic mass is 16.6. The van der Waals surface area contributed by atoms with Crippen molar-refractivity contribution in [1.82, 2.24) is 5.43 Å². The lowest BCUT2D eigenvalue weighted by molar-refractivity contribution is -0.385. The maximum absolute atomic E-state index is 12.6. The molecule has 4 rings (SSSR count). The zero-order valence-corrected chi connectivity index (χ0v) is 20.5. The topological polar surface area (TPSA) is 140 Å². The van der Waals surface area contributed by atoms with Crippen LogP contribution >= 0.6 is 0 Å². The first-order chi connectivity index (χ1) is 18.3. The van der Waals surface area contributed by atoms with Gasteiger partial charge in [0.25, 0.3) is 11.6 Å². The Morgan fingerprint density at radius 3 is 2.45 bits per heavy atom. The number of aromatic hydroxyl groups is 1. The first-order valence-corrected chi connectivity index (χ1v) is 11.6. The number of benzene rings is 4. The number of hydrazone groups is 1. The van der Waals surface area contributed by atoms with E-state index < -0.39 is 16.8 Å². The van der Waals surface area contributed by atoms with Crippen molar-refractivity contribution in [3.63, 3.8) is 0 Å². The molecule has 10 heteroatoms. The normalized spacial score (nSPS) is 10.9. The van der Waals surface area contributed by atoms with Gasteiger partial charge in [-0.3, -0.25) is 14.9 Å². The molecule has 1 amide bonds. The molecule has 0 saturated carbocycles. The molecule has 0 aliphatic rings. The van der Waals surface area contributed by atoms with Crippen molar-refractivity contribution in [3.8, 4) is 17.2 Å². The summed E-state index contributed by atoms with van der Waals surface area (Å²) < 4.78 is 11.1. The summed E-state index contributed by atoms with van der Waals surface area (Å²) in [5.74, 6) is -1.03. The number of fused-ring (bicyclic) bond motifs is 1. The van der Waals surface area contributed by atoms with Gasteiger partial charge >= 0.3 is 5.97 Å². The highest BCUT2D eigenvalue weighted by molar-refractivity contribution is 6.01. The minimum absolute atomic E-state index is 0.0830. The second-order valence-corrected chi connectivity index (χ2v) is 8.20. The van der Waals surface area contributed by atoms with E-state index in [-0.39, 0.29) is 34.1 Å². The van der Waals surface area contributed by atoms with Crippen LogP contribution in [0.15, 0.2) is 77.9 Å². The predicted octanol–water partition coefficient (Wildman–Crippen LogP) is 5.14. The SMILES string of the molecule is CCOc1cc(/C=N\NC(=O)c2cc3ccccc3cc2O)ccc1OC(=O)c1ccc([N+](=O)[O-])c(C)c1. The van der Waals surface area contributed by atoms with E-state index in [9.17, 15) is 24.8 Å². The molecule has 0 radical (unpaired) electrons. The molecular weight excluding hydrogens is 490 g/mol. The van der Waals surface area contributed by atoms with Crippen molar-refractivity contribution >= 4 is 34.6 Å². The standard InChI is InChI=1S/C28H23N3O7/c1-3-37-26-13-18(8-11-25(26)38-28(34)21-9-10-23(31(35)36)17(2)12-21)16-29-30-27(33)22-14-19-6-4-5-7-20(19)15-24(22)32/h4-16,32H,3H2,1-2H3,(H,30,33)/b29-16-. The van der Waals surface area contributed by atoms with E-state index in [0.29, 0.717) is 17.7 Å². The van der Waals surface area contributed by atoms with Crippen molar-refractivity contribution in [3.05, 3.63) is 105 Å². The van der Waals surface area contributed by atoms with Gasteiger partial charge in [0.1, 0.15) is 5.75 Å². The van der Waals surface area contributed by atoms with E-state index in [4.69, 9.17) is 9.47 Å². The van der Waals surface area contributed by atoms with Gasteiger partial charge in [0.05, 0.1) is 28.9 Å². The van der Waals surface area contributed by atoms with Gasteiger partial charge in [0, 0.05) is 11.6 Å². The highest BCUT2D eigenvalue weighted by Crippen LogP contribution is 2.30. The first kappa shape index (κ1) is 25.8. The largest absolute Gasteiger partial charge is 0.507 e. The fraction of sp³-hybridized carbons (Fsp3) is 0.107. The second-order valence-electron chi connectivity index (χ2n) is 8.20. The van der Waals surface area contributed by atoms with Crippen molar-refractivity contribution in [2.75, 3.05) is 6.61 Å². The molecule has 10 nitrogen and oxygen atoms in total. The molecule has 0 heterocycles. The minimum Gasteiger partial charge on any atom is -0.507 e. The van der Waals surface area contributed by atoms with Crippen molar-refractivity contribution in [2.24, 2.45) is 5.10 Å². The molecule has 0 spiro atoms. The van der Waals surface area contributed by atoms with Gasteiger partial charge in [-0.25, -0.2) is 10.2 Å².